The Morgan fingerprint density at radius 2 is 2.00 bits per heavy atom. The molecule has 0 heterocycles. The Hall–Kier alpha value is -1.05. The van der Waals surface area contributed by atoms with Crippen molar-refractivity contribution in [3.05, 3.63) is 29.6 Å². The summed E-state index contributed by atoms with van der Waals surface area (Å²) in [5.74, 6) is 0.911. The summed E-state index contributed by atoms with van der Waals surface area (Å²) in [5.41, 5.74) is 7.68. The van der Waals surface area contributed by atoms with E-state index in [-0.39, 0.29) is 5.82 Å². The molecule has 1 saturated carbocycles. The van der Waals surface area contributed by atoms with Crippen LogP contribution in [0.4, 0.5) is 10.1 Å². The molecule has 1 aliphatic rings. The topological polar surface area (TPSA) is 26.0 Å². The fraction of sp³-hybridized carbons (Fsp3) is 0.538. The molecule has 0 saturated heterocycles. The zero-order valence-corrected chi connectivity index (χ0v) is 9.17. The zero-order chi connectivity index (χ0) is 10.8. The van der Waals surface area contributed by atoms with Crippen LogP contribution < -0.4 is 5.73 Å². The van der Waals surface area contributed by atoms with E-state index in [1.165, 1.54) is 25.3 Å². The molecule has 0 unspecified atom stereocenters. The normalized spacial score (nSPS) is 26.5. The quantitative estimate of drug-likeness (QED) is 0.698. The Kier molecular flexibility index (Phi) is 2.94. The highest BCUT2D eigenvalue weighted by atomic mass is 19.1. The van der Waals surface area contributed by atoms with Crippen molar-refractivity contribution in [1.82, 2.24) is 0 Å². The standard InChI is InChI=1S/C13H18FN/c1-9-4-2-3-5-11(9)12-8-10(14)6-7-13(12)15/h6-9,11H,2-5,15H2,1H3/t9-,11+/m0/s1. The van der Waals surface area contributed by atoms with Gasteiger partial charge in [-0.05, 0) is 42.0 Å². The first-order valence-electron chi connectivity index (χ1n) is 5.73. The fourth-order valence-electron chi connectivity index (χ4n) is 2.65. The molecule has 15 heavy (non-hydrogen) atoms. The van der Waals surface area contributed by atoms with Gasteiger partial charge in [0.1, 0.15) is 5.82 Å². The third-order valence-corrected chi connectivity index (χ3v) is 3.56. The Labute approximate surface area is 90.5 Å². The van der Waals surface area contributed by atoms with Crippen LogP contribution in [0.25, 0.3) is 0 Å². The van der Waals surface area contributed by atoms with E-state index in [0.29, 0.717) is 11.8 Å². The van der Waals surface area contributed by atoms with Gasteiger partial charge in [-0.25, -0.2) is 4.39 Å². The van der Waals surface area contributed by atoms with Gasteiger partial charge in [0, 0.05) is 5.69 Å². The van der Waals surface area contributed by atoms with Crippen LogP contribution in [-0.4, -0.2) is 0 Å². The first kappa shape index (κ1) is 10.5. The minimum absolute atomic E-state index is 0.169. The molecule has 1 nitrogen and oxygen atoms in total. The van der Waals surface area contributed by atoms with Gasteiger partial charge in [-0.15, -0.1) is 0 Å². The Morgan fingerprint density at radius 1 is 1.27 bits per heavy atom. The fourth-order valence-corrected chi connectivity index (χ4v) is 2.65. The van der Waals surface area contributed by atoms with Gasteiger partial charge in [0.15, 0.2) is 0 Å². The molecule has 1 aromatic carbocycles. The number of halogens is 1. The molecular weight excluding hydrogens is 189 g/mol. The molecule has 0 aromatic heterocycles. The molecule has 0 bridgehead atoms. The highest BCUT2D eigenvalue weighted by Gasteiger charge is 2.24. The molecule has 0 amide bonds. The summed E-state index contributed by atoms with van der Waals surface area (Å²) in [7, 11) is 0. The number of nitrogen functional groups attached to an aromatic ring is 1. The van der Waals surface area contributed by atoms with Gasteiger partial charge in [0.05, 0.1) is 0 Å². The van der Waals surface area contributed by atoms with E-state index in [1.807, 2.05) is 0 Å². The minimum Gasteiger partial charge on any atom is -0.398 e. The Balaban J connectivity index is 2.30. The maximum absolute atomic E-state index is 13.2. The second-order valence-electron chi connectivity index (χ2n) is 4.64. The largest absolute Gasteiger partial charge is 0.398 e. The number of anilines is 1. The van der Waals surface area contributed by atoms with Crippen LogP contribution in [0.3, 0.4) is 0 Å². The predicted octanol–water partition coefficient (Wildman–Crippen LogP) is 3.70. The van der Waals surface area contributed by atoms with E-state index in [0.717, 1.165) is 17.7 Å². The zero-order valence-electron chi connectivity index (χ0n) is 9.17. The van der Waals surface area contributed by atoms with Gasteiger partial charge in [-0.3, -0.25) is 0 Å². The van der Waals surface area contributed by atoms with E-state index in [4.69, 9.17) is 5.73 Å². The van der Waals surface area contributed by atoms with Gasteiger partial charge < -0.3 is 5.73 Å². The lowest BCUT2D eigenvalue weighted by molar-refractivity contribution is 0.330. The highest BCUT2D eigenvalue weighted by molar-refractivity contribution is 5.49. The van der Waals surface area contributed by atoms with Crippen LogP contribution in [0.5, 0.6) is 0 Å². The third kappa shape index (κ3) is 2.14. The lowest BCUT2D eigenvalue weighted by atomic mass is 9.76. The molecule has 1 aliphatic carbocycles. The van der Waals surface area contributed by atoms with Crippen LogP contribution in [0.1, 0.15) is 44.1 Å². The van der Waals surface area contributed by atoms with Crippen molar-refractivity contribution in [2.45, 2.75) is 38.5 Å². The van der Waals surface area contributed by atoms with Crippen molar-refractivity contribution < 1.29 is 4.39 Å². The molecule has 2 heteroatoms. The van der Waals surface area contributed by atoms with Crippen LogP contribution in [-0.2, 0) is 0 Å². The molecule has 2 N–H and O–H groups in total. The monoisotopic (exact) mass is 207 g/mol. The molecule has 1 fully saturated rings. The van der Waals surface area contributed by atoms with Gasteiger partial charge in [-0.1, -0.05) is 26.2 Å². The summed E-state index contributed by atoms with van der Waals surface area (Å²) < 4.78 is 13.2. The van der Waals surface area contributed by atoms with Crippen molar-refractivity contribution in [2.75, 3.05) is 5.73 Å². The summed E-state index contributed by atoms with van der Waals surface area (Å²) in [6.45, 7) is 2.24. The van der Waals surface area contributed by atoms with Gasteiger partial charge in [-0.2, -0.15) is 0 Å². The molecule has 2 rings (SSSR count). The van der Waals surface area contributed by atoms with Crippen LogP contribution in [0.2, 0.25) is 0 Å². The summed E-state index contributed by atoms with van der Waals surface area (Å²) in [6.07, 6.45) is 4.92. The maximum atomic E-state index is 13.2. The maximum Gasteiger partial charge on any atom is 0.123 e. The lowest BCUT2D eigenvalue weighted by Crippen LogP contribution is -2.16. The minimum atomic E-state index is -0.169. The predicted molar refractivity (Wildman–Crippen MR) is 61.2 cm³/mol. The highest BCUT2D eigenvalue weighted by Crippen LogP contribution is 2.39. The van der Waals surface area contributed by atoms with Gasteiger partial charge in [0.25, 0.3) is 0 Å². The van der Waals surface area contributed by atoms with Crippen LogP contribution >= 0.6 is 0 Å². The molecular formula is C13H18FN. The van der Waals surface area contributed by atoms with Crippen molar-refractivity contribution in [2.24, 2.45) is 5.92 Å². The number of hydrogen-bond acceptors (Lipinski definition) is 1. The number of hydrogen-bond donors (Lipinski definition) is 1. The lowest BCUT2D eigenvalue weighted by Gasteiger charge is -2.29. The van der Waals surface area contributed by atoms with Crippen LogP contribution in [0.15, 0.2) is 18.2 Å². The number of rotatable bonds is 1. The molecule has 1 aromatic rings. The summed E-state index contributed by atoms with van der Waals surface area (Å²) >= 11 is 0. The van der Waals surface area contributed by atoms with Crippen molar-refractivity contribution in [3.63, 3.8) is 0 Å². The van der Waals surface area contributed by atoms with E-state index in [2.05, 4.69) is 6.92 Å². The van der Waals surface area contributed by atoms with E-state index < -0.39 is 0 Å². The first-order chi connectivity index (χ1) is 7.18. The summed E-state index contributed by atoms with van der Waals surface area (Å²) in [4.78, 5) is 0. The summed E-state index contributed by atoms with van der Waals surface area (Å²) in [5, 5.41) is 0. The van der Waals surface area contributed by atoms with Crippen molar-refractivity contribution >= 4 is 5.69 Å². The molecule has 2 atom stereocenters. The second kappa shape index (κ2) is 4.21. The molecule has 0 spiro atoms. The Morgan fingerprint density at radius 3 is 2.73 bits per heavy atom. The molecule has 0 aliphatic heterocycles. The van der Waals surface area contributed by atoms with Gasteiger partial charge in [0.2, 0.25) is 0 Å². The number of benzene rings is 1. The smallest absolute Gasteiger partial charge is 0.123 e. The average molecular weight is 207 g/mol. The average Bonchev–Trinajstić information content (AvgIpc) is 2.23. The molecule has 82 valence electrons. The summed E-state index contributed by atoms with van der Waals surface area (Å²) in [6, 6.07) is 4.74. The second-order valence-corrected chi connectivity index (χ2v) is 4.64. The van der Waals surface area contributed by atoms with E-state index >= 15 is 0 Å². The SMILES string of the molecule is C[C@H]1CCCC[C@H]1c1cc(F)ccc1N. The first-order valence-corrected chi connectivity index (χ1v) is 5.73. The molecule has 0 radical (unpaired) electrons. The van der Waals surface area contributed by atoms with E-state index in [9.17, 15) is 4.39 Å². The Bertz CT molecular complexity index is 348. The van der Waals surface area contributed by atoms with Crippen molar-refractivity contribution in [1.29, 1.82) is 0 Å². The van der Waals surface area contributed by atoms with Crippen molar-refractivity contribution in [3.8, 4) is 0 Å². The van der Waals surface area contributed by atoms with E-state index in [1.54, 1.807) is 12.1 Å². The number of nitrogens with two attached hydrogens (primary N) is 1. The van der Waals surface area contributed by atoms with Crippen LogP contribution in [0, 0.1) is 11.7 Å². The van der Waals surface area contributed by atoms with Gasteiger partial charge >= 0.3 is 0 Å². The third-order valence-electron chi connectivity index (χ3n) is 3.56.